The Morgan fingerprint density at radius 2 is 1.71 bits per heavy atom. The number of methoxy groups -OCH3 is 2. The summed E-state index contributed by atoms with van der Waals surface area (Å²) in [7, 11) is 2.90. The smallest absolute Gasteiger partial charge is 0.405 e. The minimum Gasteiger partial charge on any atom is -0.459 e. The molecule has 230 valence electrons. The first-order chi connectivity index (χ1) is 19.7. The number of amides is 2. The van der Waals surface area contributed by atoms with Crippen molar-refractivity contribution in [1.82, 2.24) is 5.32 Å². The summed E-state index contributed by atoms with van der Waals surface area (Å²) >= 11 is 0. The molecule has 2 rings (SSSR count). The fourth-order valence-electron chi connectivity index (χ4n) is 4.97. The summed E-state index contributed by atoms with van der Waals surface area (Å²) in [6.07, 6.45) is 3.62. The Balaban J connectivity index is 2.67. The summed E-state index contributed by atoms with van der Waals surface area (Å²) in [6.45, 7) is 8.20. The van der Waals surface area contributed by atoms with Crippen molar-refractivity contribution in [3.05, 3.63) is 58.5 Å². The molecule has 2 aliphatic rings. The second-order valence-electron chi connectivity index (χ2n) is 10.6. The SMILES string of the molecule is CO[C@H]1/C=C\C=C(/C)C(=O)NC2=CC(=O)C(N)=C(C[C@@H](C)C[C@H](OC)[C@H](OC(C)=O)[C@@H](C)/C=C(\C)[C@@H]1OC(N)=O)C2=O. The summed E-state index contributed by atoms with van der Waals surface area (Å²) in [6, 6.07) is 0. The molecule has 12 heteroatoms. The second kappa shape index (κ2) is 15.3. The van der Waals surface area contributed by atoms with Crippen molar-refractivity contribution in [3.63, 3.8) is 0 Å². The van der Waals surface area contributed by atoms with Crippen molar-refractivity contribution in [2.75, 3.05) is 14.2 Å². The Kier molecular flexibility index (Phi) is 12.4. The van der Waals surface area contributed by atoms with Gasteiger partial charge in [0.1, 0.15) is 12.2 Å². The molecular formula is C30H41N3O9. The van der Waals surface area contributed by atoms with Crippen LogP contribution in [0.2, 0.25) is 0 Å². The van der Waals surface area contributed by atoms with E-state index >= 15 is 0 Å². The van der Waals surface area contributed by atoms with Gasteiger partial charge in [-0.05, 0) is 38.2 Å². The molecule has 0 saturated heterocycles. The highest BCUT2D eigenvalue weighted by Crippen LogP contribution is 2.29. The maximum absolute atomic E-state index is 13.3. The van der Waals surface area contributed by atoms with Gasteiger partial charge in [0.15, 0.2) is 6.10 Å². The molecule has 1 aliphatic heterocycles. The van der Waals surface area contributed by atoms with Gasteiger partial charge < -0.3 is 35.7 Å². The zero-order valence-electron chi connectivity index (χ0n) is 25.1. The molecule has 0 aromatic rings. The van der Waals surface area contributed by atoms with E-state index in [1.54, 1.807) is 19.1 Å². The Morgan fingerprint density at radius 3 is 2.29 bits per heavy atom. The van der Waals surface area contributed by atoms with Gasteiger partial charge in [-0.3, -0.25) is 19.2 Å². The van der Waals surface area contributed by atoms with E-state index in [1.807, 2.05) is 13.8 Å². The highest BCUT2D eigenvalue weighted by atomic mass is 16.6. The number of rotatable bonds is 4. The van der Waals surface area contributed by atoms with Gasteiger partial charge in [-0.15, -0.1) is 0 Å². The lowest BCUT2D eigenvalue weighted by Gasteiger charge is -2.32. The van der Waals surface area contributed by atoms with Gasteiger partial charge >= 0.3 is 12.1 Å². The molecule has 1 heterocycles. The molecule has 0 aromatic carbocycles. The number of primary amides is 1. The maximum Gasteiger partial charge on any atom is 0.405 e. The zero-order valence-corrected chi connectivity index (χ0v) is 25.1. The minimum atomic E-state index is -1.02. The lowest BCUT2D eigenvalue weighted by Crippen LogP contribution is -2.39. The van der Waals surface area contributed by atoms with E-state index in [2.05, 4.69) is 5.32 Å². The topological polar surface area (TPSA) is 186 Å². The second-order valence-corrected chi connectivity index (χ2v) is 10.6. The number of ether oxygens (including phenoxy) is 4. The number of nitrogens with two attached hydrogens (primary N) is 2. The summed E-state index contributed by atoms with van der Waals surface area (Å²) in [4.78, 5) is 62.7. The molecular weight excluding hydrogens is 546 g/mol. The molecule has 42 heavy (non-hydrogen) atoms. The average Bonchev–Trinajstić information content (AvgIpc) is 2.91. The minimum absolute atomic E-state index is 0.0850. The predicted molar refractivity (Wildman–Crippen MR) is 153 cm³/mol. The van der Waals surface area contributed by atoms with Crippen LogP contribution < -0.4 is 16.8 Å². The number of fused-ring (bicyclic) bond motifs is 2. The first kappa shape index (κ1) is 34.2. The van der Waals surface area contributed by atoms with E-state index in [1.165, 1.54) is 40.2 Å². The van der Waals surface area contributed by atoms with Crippen LogP contribution in [0.3, 0.4) is 0 Å². The highest BCUT2D eigenvalue weighted by molar-refractivity contribution is 6.23. The van der Waals surface area contributed by atoms with Crippen LogP contribution >= 0.6 is 0 Å². The normalized spacial score (nSPS) is 31.6. The fraction of sp³-hybridized carbons (Fsp3) is 0.500. The summed E-state index contributed by atoms with van der Waals surface area (Å²) < 4.78 is 22.4. The number of Topliss-reactive ketones (excluding diaryl/α,β-unsaturated/α-hetero) is 1. The molecule has 2 bridgehead atoms. The molecule has 0 unspecified atom stereocenters. The Morgan fingerprint density at radius 1 is 1.05 bits per heavy atom. The third-order valence-electron chi connectivity index (χ3n) is 7.10. The Labute approximate surface area is 245 Å². The first-order valence-corrected chi connectivity index (χ1v) is 13.5. The van der Waals surface area contributed by atoms with E-state index in [9.17, 15) is 24.0 Å². The van der Waals surface area contributed by atoms with E-state index in [-0.39, 0.29) is 34.9 Å². The van der Waals surface area contributed by atoms with Crippen LogP contribution in [0, 0.1) is 11.8 Å². The number of nitrogens with one attached hydrogen (secondary N) is 1. The van der Waals surface area contributed by atoms with Gasteiger partial charge in [0.25, 0.3) is 5.91 Å². The molecule has 12 nitrogen and oxygen atoms in total. The number of carbonyl (C=O) groups is 5. The first-order valence-electron chi connectivity index (χ1n) is 13.5. The zero-order chi connectivity index (χ0) is 31.7. The van der Waals surface area contributed by atoms with Gasteiger partial charge in [0.05, 0.1) is 17.5 Å². The summed E-state index contributed by atoms with van der Waals surface area (Å²) in [5.41, 5.74) is 11.9. The molecule has 0 fully saturated rings. The van der Waals surface area contributed by atoms with Crippen molar-refractivity contribution < 1.29 is 42.9 Å². The number of ketones is 2. The van der Waals surface area contributed by atoms with Crippen molar-refractivity contribution in [3.8, 4) is 0 Å². The van der Waals surface area contributed by atoms with Crippen LogP contribution in [-0.4, -0.2) is 68.2 Å². The van der Waals surface area contributed by atoms with Crippen LogP contribution in [0.1, 0.15) is 47.5 Å². The van der Waals surface area contributed by atoms with Gasteiger partial charge in [0, 0.05) is 44.3 Å². The predicted octanol–water partition coefficient (Wildman–Crippen LogP) is 2.29. The van der Waals surface area contributed by atoms with Crippen molar-refractivity contribution >= 4 is 29.5 Å². The number of carbonyl (C=O) groups excluding carboxylic acids is 5. The quantitative estimate of drug-likeness (QED) is 0.250. The number of hydrogen-bond acceptors (Lipinski definition) is 10. The molecule has 0 aromatic heterocycles. The van der Waals surface area contributed by atoms with Crippen molar-refractivity contribution in [2.45, 2.75) is 71.9 Å². The van der Waals surface area contributed by atoms with Crippen LogP contribution in [0.15, 0.2) is 58.5 Å². The summed E-state index contributed by atoms with van der Waals surface area (Å²) in [5, 5.41) is 2.50. The molecule has 0 radical (unpaired) electrons. The van der Waals surface area contributed by atoms with Crippen molar-refractivity contribution in [2.24, 2.45) is 23.3 Å². The molecule has 5 N–H and O–H groups in total. The third-order valence-corrected chi connectivity index (χ3v) is 7.10. The number of allylic oxidation sites excluding steroid dienone is 4. The number of hydrogen-bond donors (Lipinski definition) is 3. The highest BCUT2D eigenvalue weighted by Gasteiger charge is 2.34. The van der Waals surface area contributed by atoms with Crippen LogP contribution in [0.4, 0.5) is 4.79 Å². The van der Waals surface area contributed by atoms with Crippen LogP contribution in [0.25, 0.3) is 0 Å². The van der Waals surface area contributed by atoms with Crippen LogP contribution in [-0.2, 0) is 38.1 Å². The maximum atomic E-state index is 13.3. The van der Waals surface area contributed by atoms with E-state index in [4.69, 9.17) is 30.4 Å². The largest absolute Gasteiger partial charge is 0.459 e. The molecule has 0 saturated carbocycles. The van der Waals surface area contributed by atoms with E-state index in [0.29, 0.717) is 12.0 Å². The van der Waals surface area contributed by atoms with E-state index < -0.39 is 59.9 Å². The monoisotopic (exact) mass is 587 g/mol. The Hall–Kier alpha value is -4.03. The van der Waals surface area contributed by atoms with Gasteiger partial charge in [-0.1, -0.05) is 38.2 Å². The van der Waals surface area contributed by atoms with Crippen molar-refractivity contribution in [1.29, 1.82) is 0 Å². The average molecular weight is 588 g/mol. The molecule has 1 aliphatic carbocycles. The van der Waals surface area contributed by atoms with E-state index in [0.717, 1.165) is 6.08 Å². The van der Waals surface area contributed by atoms with Gasteiger partial charge in [-0.2, -0.15) is 0 Å². The lowest BCUT2D eigenvalue weighted by atomic mass is 9.85. The Bertz CT molecular complexity index is 1240. The summed E-state index contributed by atoms with van der Waals surface area (Å²) in [5.74, 6) is -2.97. The standard InChI is InChI=1S/C30H41N3O9/c1-15-11-20-25(31)22(35)14-21(26(20)36)33-29(37)16(2)9-8-10-23(39-6)27(42-30(32)38)17(3)13-18(4)28(41-19(5)34)24(12-15)40-7/h8-10,13-15,18,23-24,27-28H,11-12,31H2,1-7H3,(H2,32,38)(H,33,37)/b10-8-,16-9+,17-13+/t15-,18+,23+,24+,27+,28-/m1/s1. The molecule has 0 spiro atoms. The third kappa shape index (κ3) is 8.98. The fourth-order valence-corrected chi connectivity index (χ4v) is 4.97. The molecule has 6 atom stereocenters. The number of esters is 1. The lowest BCUT2D eigenvalue weighted by molar-refractivity contribution is -0.157. The van der Waals surface area contributed by atoms with Crippen LogP contribution in [0.5, 0.6) is 0 Å². The van der Waals surface area contributed by atoms with Gasteiger partial charge in [-0.25, -0.2) is 4.79 Å². The van der Waals surface area contributed by atoms with Gasteiger partial charge in [0.2, 0.25) is 11.6 Å². The molecule has 2 amide bonds.